The molecule has 0 amide bonds. The third-order valence-electron chi connectivity index (χ3n) is 17.8. The minimum absolute atomic E-state index is 0. The second-order valence-electron chi connectivity index (χ2n) is 22.0. The molecule has 0 radical (unpaired) electrons. The fourth-order valence-electron chi connectivity index (χ4n) is 13.6. The van der Waals surface area contributed by atoms with Crippen LogP contribution in [0.2, 0.25) is 0 Å². The average Bonchev–Trinajstić information content (AvgIpc) is 3.42. The number of nitrogens with zero attached hydrogens (tertiary/aromatic N) is 2. The van der Waals surface area contributed by atoms with E-state index in [1.807, 2.05) is 72.8 Å². The van der Waals surface area contributed by atoms with Crippen molar-refractivity contribution in [1.82, 2.24) is 0 Å². The zero-order valence-corrected chi connectivity index (χ0v) is 45.2. The highest BCUT2D eigenvalue weighted by Gasteiger charge is 2.50. The summed E-state index contributed by atoms with van der Waals surface area (Å²) in [5, 5.41) is 24.0. The van der Waals surface area contributed by atoms with Crippen molar-refractivity contribution in [3.63, 3.8) is 0 Å². The van der Waals surface area contributed by atoms with Gasteiger partial charge in [-0.1, -0.05) is 136 Å². The average molecular weight is 1090 g/mol. The second kappa shape index (κ2) is 26.4. The van der Waals surface area contributed by atoms with E-state index in [-0.39, 0.29) is 46.2 Å². The number of hydrogen-bond donors (Lipinski definition) is 2. The Morgan fingerprint density at radius 2 is 0.757 bits per heavy atom. The van der Waals surface area contributed by atoms with Crippen molar-refractivity contribution in [1.29, 1.82) is 0 Å². The maximum Gasteiger partial charge on any atom is 0.119 e. The molecule has 6 heterocycles. The summed E-state index contributed by atoms with van der Waals surface area (Å²) < 4.78 is 27.6. The Kier molecular flexibility index (Phi) is 20.7. The number of hydrogen-bond acceptors (Lipinski definition) is 6. The molecule has 4 aromatic carbocycles. The maximum absolute atomic E-state index is 12.0. The van der Waals surface area contributed by atoms with Crippen LogP contribution in [0.15, 0.2) is 121 Å². The molecule has 10 heteroatoms. The molecular formula is C60H84Br2N2O6. The number of ether oxygens (including phenoxy) is 4. The first-order chi connectivity index (χ1) is 33.3. The number of rotatable bonds is 20. The van der Waals surface area contributed by atoms with Gasteiger partial charge in [0.25, 0.3) is 0 Å². The van der Waals surface area contributed by atoms with E-state index in [0.29, 0.717) is 36.9 Å². The zero-order chi connectivity index (χ0) is 46.5. The largest absolute Gasteiger partial charge is 1.00 e. The predicted molar refractivity (Wildman–Crippen MR) is 271 cm³/mol. The van der Waals surface area contributed by atoms with Gasteiger partial charge in [-0.15, -0.1) is 0 Å². The molecule has 4 atom stereocenters. The van der Waals surface area contributed by atoms with E-state index in [9.17, 15) is 10.2 Å². The molecule has 8 nitrogen and oxygen atoms in total. The SMILES string of the molecule is OC(CO[C@@H]1C[N+]2(CCCOc3ccccc3)CCC1CC2)(c1ccccc1)C1CCCCC1.O[C@](CO[C@H]1C[N+]2(CCCOc3ccccc3)CCC1CC2)(c1ccccc1)C1CCCCC1.[Br-].[Br-]. The minimum atomic E-state index is -0.873. The van der Waals surface area contributed by atoms with Gasteiger partial charge < -0.3 is 72.1 Å². The predicted octanol–water partition coefficient (Wildman–Crippen LogP) is 5.11. The molecule has 4 bridgehead atoms. The fourth-order valence-corrected chi connectivity index (χ4v) is 13.6. The van der Waals surface area contributed by atoms with Crippen LogP contribution < -0.4 is 43.4 Å². The van der Waals surface area contributed by atoms with Crippen LogP contribution in [0.1, 0.15) is 114 Å². The molecule has 2 saturated carbocycles. The molecule has 2 N–H and O–H groups in total. The summed E-state index contributed by atoms with van der Waals surface area (Å²) in [5.41, 5.74) is 0.319. The van der Waals surface area contributed by atoms with E-state index in [1.54, 1.807) is 0 Å². The van der Waals surface area contributed by atoms with Gasteiger partial charge in [-0.2, -0.15) is 0 Å². The van der Waals surface area contributed by atoms with Gasteiger partial charge in [0, 0.05) is 50.4 Å². The summed E-state index contributed by atoms with van der Waals surface area (Å²) in [4.78, 5) is 0. The Hall–Kier alpha value is -2.80. The lowest BCUT2D eigenvalue weighted by molar-refractivity contribution is -0.946. The van der Waals surface area contributed by atoms with Gasteiger partial charge in [-0.25, -0.2) is 0 Å². The van der Waals surface area contributed by atoms with Crippen LogP contribution in [-0.4, -0.2) is 110 Å². The van der Waals surface area contributed by atoms with E-state index in [4.69, 9.17) is 18.9 Å². The van der Waals surface area contributed by atoms with Crippen LogP contribution in [0.3, 0.4) is 0 Å². The van der Waals surface area contributed by atoms with E-state index in [2.05, 4.69) is 48.5 Å². The minimum Gasteiger partial charge on any atom is -1.00 e. The van der Waals surface area contributed by atoms with Gasteiger partial charge >= 0.3 is 0 Å². The van der Waals surface area contributed by atoms with Crippen LogP contribution in [0.25, 0.3) is 0 Å². The molecule has 0 aromatic heterocycles. The molecule has 4 aromatic rings. The summed E-state index contributed by atoms with van der Waals surface area (Å²) in [7, 11) is 0. The Labute approximate surface area is 442 Å². The van der Waals surface area contributed by atoms with Crippen molar-refractivity contribution in [3.05, 3.63) is 132 Å². The number of benzene rings is 4. The quantitative estimate of drug-likeness (QED) is 0.0949. The van der Waals surface area contributed by atoms with Gasteiger partial charge in [0.15, 0.2) is 0 Å². The molecule has 6 saturated heterocycles. The van der Waals surface area contributed by atoms with Crippen molar-refractivity contribution in [2.24, 2.45) is 23.7 Å². The van der Waals surface area contributed by atoms with Crippen molar-refractivity contribution in [3.8, 4) is 11.5 Å². The molecule has 1 unspecified atom stereocenters. The number of piperidine rings is 6. The van der Waals surface area contributed by atoms with Crippen molar-refractivity contribution in [2.45, 2.75) is 126 Å². The monoisotopic (exact) mass is 1090 g/mol. The second-order valence-corrected chi connectivity index (χ2v) is 22.0. The van der Waals surface area contributed by atoms with Crippen molar-refractivity contribution in [2.75, 3.05) is 78.8 Å². The van der Waals surface area contributed by atoms with E-state index >= 15 is 0 Å². The van der Waals surface area contributed by atoms with Crippen LogP contribution in [-0.2, 0) is 20.7 Å². The fraction of sp³-hybridized carbons (Fsp3) is 0.600. The lowest BCUT2D eigenvalue weighted by atomic mass is 9.73. The highest BCUT2D eigenvalue weighted by atomic mass is 79.9. The maximum atomic E-state index is 12.0. The smallest absolute Gasteiger partial charge is 0.119 e. The Balaban J connectivity index is 0.000000201. The molecular weight excluding hydrogens is 1000 g/mol. The van der Waals surface area contributed by atoms with Gasteiger partial charge in [-0.05, 0) is 72.9 Å². The van der Waals surface area contributed by atoms with Gasteiger partial charge in [-0.3, -0.25) is 0 Å². The number of halogens is 2. The summed E-state index contributed by atoms with van der Waals surface area (Å²) in [6.45, 7) is 12.0. The first-order valence-corrected chi connectivity index (χ1v) is 27.2. The molecule has 0 spiro atoms. The Morgan fingerprint density at radius 1 is 0.429 bits per heavy atom. The van der Waals surface area contributed by atoms with Gasteiger partial charge in [0.2, 0.25) is 0 Å². The topological polar surface area (TPSA) is 77.4 Å². The molecule has 384 valence electrons. The lowest BCUT2D eigenvalue weighted by Gasteiger charge is -2.53. The third-order valence-corrected chi connectivity index (χ3v) is 17.8. The lowest BCUT2D eigenvalue weighted by Crippen LogP contribution is -3.00. The van der Waals surface area contributed by atoms with E-state index < -0.39 is 11.2 Å². The number of para-hydroxylation sites is 2. The number of fused-ring (bicyclic) bond motifs is 6. The third kappa shape index (κ3) is 13.9. The molecule has 2 aliphatic carbocycles. The standard InChI is InChI=1S/2C30H42NO3.2BrH/c2*32-30(26-11-4-1-5-12-26,27-13-6-2-7-14-27)24-34-29-23-31(20-17-25(29)18-21-31)19-10-22-33-28-15-8-3-9-16-28;;/h2*1,3-5,8-9,11-12,15-16,25,27,29,32H,2,6-7,10,13-14,17-24H2;2*1H/q2*+1;;/p-2/t25?,29-,30?,31?;25?,29-,30+,31?;;/m10../s1. The highest BCUT2D eigenvalue weighted by Crippen LogP contribution is 2.44. The Bertz CT molecular complexity index is 1910. The van der Waals surface area contributed by atoms with Crippen molar-refractivity contribution >= 4 is 0 Å². The first-order valence-electron chi connectivity index (χ1n) is 27.2. The normalized spacial score (nSPS) is 28.1. The molecule has 8 aliphatic rings. The molecule has 70 heavy (non-hydrogen) atoms. The van der Waals surface area contributed by atoms with E-state index in [1.165, 1.54) is 90.4 Å². The summed E-state index contributed by atoms with van der Waals surface area (Å²) in [5.74, 6) is 3.80. The van der Waals surface area contributed by atoms with Crippen LogP contribution >= 0.6 is 0 Å². The van der Waals surface area contributed by atoms with Crippen LogP contribution in [0, 0.1) is 23.7 Å². The number of aliphatic hydroxyl groups is 2. The Morgan fingerprint density at radius 3 is 1.10 bits per heavy atom. The van der Waals surface area contributed by atoms with Crippen molar-refractivity contribution < 1.29 is 72.1 Å². The summed E-state index contributed by atoms with van der Waals surface area (Å²) in [6.07, 6.45) is 19.5. The van der Waals surface area contributed by atoms with Gasteiger partial charge in [0.05, 0.1) is 65.7 Å². The van der Waals surface area contributed by atoms with Crippen LogP contribution in [0.5, 0.6) is 11.5 Å². The van der Waals surface area contributed by atoms with Gasteiger partial charge in [0.1, 0.15) is 48.0 Å². The molecule has 6 aliphatic heterocycles. The summed E-state index contributed by atoms with van der Waals surface area (Å²) in [6, 6.07) is 40.9. The van der Waals surface area contributed by atoms with Crippen LogP contribution in [0.4, 0.5) is 0 Å². The first kappa shape index (κ1) is 55.0. The molecule has 8 fully saturated rings. The zero-order valence-electron chi connectivity index (χ0n) is 42.0. The highest BCUT2D eigenvalue weighted by molar-refractivity contribution is 5.25. The summed E-state index contributed by atoms with van der Waals surface area (Å²) >= 11 is 0. The number of quaternary nitrogens is 2. The molecule has 12 rings (SSSR count). The van der Waals surface area contributed by atoms with E-state index in [0.717, 1.165) is 110 Å².